The molecule has 6 nitrogen and oxygen atoms in total. The Morgan fingerprint density at radius 1 is 1.09 bits per heavy atom. The summed E-state index contributed by atoms with van der Waals surface area (Å²) in [4.78, 5) is 38.2. The van der Waals surface area contributed by atoms with Crippen molar-refractivity contribution in [1.29, 1.82) is 0 Å². The molecule has 0 fully saturated rings. The molecule has 0 bridgehead atoms. The van der Waals surface area contributed by atoms with Crippen LogP contribution in [0.3, 0.4) is 0 Å². The van der Waals surface area contributed by atoms with Crippen LogP contribution in [0.25, 0.3) is 0 Å². The lowest BCUT2D eigenvalue weighted by Crippen LogP contribution is -2.36. The van der Waals surface area contributed by atoms with Crippen LogP contribution in [-0.2, 0) is 4.79 Å². The third-order valence-corrected chi connectivity index (χ3v) is 3.28. The molecule has 0 aromatic heterocycles. The molecule has 0 spiro atoms. The number of carboxylic acids is 1. The van der Waals surface area contributed by atoms with Crippen molar-refractivity contribution in [2.75, 3.05) is 26.7 Å². The van der Waals surface area contributed by atoms with Gasteiger partial charge < -0.3 is 14.9 Å². The molecule has 1 rings (SSSR count). The van der Waals surface area contributed by atoms with Crippen LogP contribution in [0.4, 0.5) is 0 Å². The maximum atomic E-state index is 12.4. The summed E-state index contributed by atoms with van der Waals surface area (Å²) in [7, 11) is 1.69. The number of amides is 2. The highest BCUT2D eigenvalue weighted by molar-refractivity contribution is 6.00. The number of carbonyl (C=O) groups is 3. The Bertz CT molecular complexity index is 557. The van der Waals surface area contributed by atoms with Crippen LogP contribution in [0, 0.1) is 0 Å². The Hall–Kier alpha value is -2.37. The van der Waals surface area contributed by atoms with E-state index in [1.54, 1.807) is 30.1 Å². The zero-order valence-corrected chi connectivity index (χ0v) is 13.2. The average Bonchev–Trinajstić information content (AvgIpc) is 2.52. The number of aliphatic carboxylic acids is 1. The first kappa shape index (κ1) is 17.7. The van der Waals surface area contributed by atoms with E-state index < -0.39 is 5.97 Å². The summed E-state index contributed by atoms with van der Waals surface area (Å²) < 4.78 is 0. The van der Waals surface area contributed by atoms with E-state index in [1.807, 2.05) is 13.8 Å². The van der Waals surface area contributed by atoms with Crippen LogP contribution in [0.2, 0.25) is 0 Å². The number of hydrogen-bond acceptors (Lipinski definition) is 3. The van der Waals surface area contributed by atoms with Crippen molar-refractivity contribution in [2.24, 2.45) is 0 Å². The average molecular weight is 306 g/mol. The molecule has 0 unspecified atom stereocenters. The number of carbonyl (C=O) groups excluding carboxylic acids is 2. The smallest absolute Gasteiger partial charge is 0.323 e. The van der Waals surface area contributed by atoms with E-state index in [4.69, 9.17) is 5.11 Å². The van der Waals surface area contributed by atoms with Gasteiger partial charge in [-0.25, -0.2) is 0 Å². The first-order valence-electron chi connectivity index (χ1n) is 7.27. The molecule has 0 aliphatic carbocycles. The maximum Gasteiger partial charge on any atom is 0.323 e. The lowest BCUT2D eigenvalue weighted by Gasteiger charge is -2.20. The molecule has 6 heteroatoms. The van der Waals surface area contributed by atoms with Crippen molar-refractivity contribution in [3.05, 3.63) is 35.4 Å². The first-order chi connectivity index (χ1) is 10.4. The Morgan fingerprint density at radius 3 is 2.18 bits per heavy atom. The minimum atomic E-state index is -1.06. The molecule has 0 aliphatic heterocycles. The molecule has 0 atom stereocenters. The van der Waals surface area contributed by atoms with Gasteiger partial charge in [0.25, 0.3) is 11.8 Å². The van der Waals surface area contributed by atoms with Gasteiger partial charge in [0.1, 0.15) is 6.54 Å². The fraction of sp³-hybridized carbons (Fsp3) is 0.438. The summed E-state index contributed by atoms with van der Waals surface area (Å²) in [6, 6.07) is 6.39. The van der Waals surface area contributed by atoms with Gasteiger partial charge in [0, 0.05) is 31.3 Å². The highest BCUT2D eigenvalue weighted by Gasteiger charge is 2.19. The minimum Gasteiger partial charge on any atom is -0.480 e. The second-order valence-corrected chi connectivity index (χ2v) is 5.02. The molecule has 22 heavy (non-hydrogen) atoms. The largest absolute Gasteiger partial charge is 0.480 e. The molecule has 0 saturated carbocycles. The van der Waals surface area contributed by atoms with Crippen LogP contribution < -0.4 is 0 Å². The second kappa shape index (κ2) is 8.17. The standard InChI is InChI=1S/C16H22N2O4/c1-4-9-18(11-14(19)20)16(22)13-8-6-7-12(10-13)15(21)17(3)5-2/h6-8,10H,4-5,9,11H2,1-3H3,(H,19,20). The number of nitrogens with zero attached hydrogens (tertiary/aromatic N) is 2. The lowest BCUT2D eigenvalue weighted by atomic mass is 10.1. The number of rotatable bonds is 7. The number of hydrogen-bond donors (Lipinski definition) is 1. The molecule has 1 N–H and O–H groups in total. The quantitative estimate of drug-likeness (QED) is 0.832. The van der Waals surface area contributed by atoms with Crippen LogP contribution in [0.1, 0.15) is 41.0 Å². The van der Waals surface area contributed by atoms with Gasteiger partial charge in [-0.3, -0.25) is 14.4 Å². The van der Waals surface area contributed by atoms with Gasteiger partial charge >= 0.3 is 5.97 Å². The molecule has 0 radical (unpaired) electrons. The fourth-order valence-electron chi connectivity index (χ4n) is 2.02. The van der Waals surface area contributed by atoms with E-state index in [0.29, 0.717) is 30.6 Å². The molecule has 0 saturated heterocycles. The van der Waals surface area contributed by atoms with Crippen molar-refractivity contribution < 1.29 is 19.5 Å². The molecular formula is C16H22N2O4. The fourth-order valence-corrected chi connectivity index (χ4v) is 2.02. The van der Waals surface area contributed by atoms with Gasteiger partial charge in [0.2, 0.25) is 0 Å². The predicted octanol–water partition coefficient (Wildman–Crippen LogP) is 1.72. The molecule has 0 heterocycles. The van der Waals surface area contributed by atoms with E-state index >= 15 is 0 Å². The summed E-state index contributed by atoms with van der Waals surface area (Å²) >= 11 is 0. The molecule has 120 valence electrons. The highest BCUT2D eigenvalue weighted by Crippen LogP contribution is 2.11. The number of benzene rings is 1. The Morgan fingerprint density at radius 2 is 1.68 bits per heavy atom. The first-order valence-corrected chi connectivity index (χ1v) is 7.27. The molecular weight excluding hydrogens is 284 g/mol. The zero-order chi connectivity index (χ0) is 16.7. The van der Waals surface area contributed by atoms with Gasteiger partial charge in [-0.2, -0.15) is 0 Å². The maximum absolute atomic E-state index is 12.4. The Labute approximate surface area is 130 Å². The topological polar surface area (TPSA) is 77.9 Å². The Kier molecular flexibility index (Phi) is 6.56. The van der Waals surface area contributed by atoms with Crippen molar-refractivity contribution in [2.45, 2.75) is 20.3 Å². The van der Waals surface area contributed by atoms with Crippen LogP contribution in [0.5, 0.6) is 0 Å². The highest BCUT2D eigenvalue weighted by atomic mass is 16.4. The Balaban J connectivity index is 3.02. The van der Waals surface area contributed by atoms with Crippen molar-refractivity contribution >= 4 is 17.8 Å². The van der Waals surface area contributed by atoms with Crippen molar-refractivity contribution in [3.8, 4) is 0 Å². The van der Waals surface area contributed by atoms with E-state index in [9.17, 15) is 14.4 Å². The van der Waals surface area contributed by atoms with Crippen LogP contribution in [-0.4, -0.2) is 59.4 Å². The van der Waals surface area contributed by atoms with E-state index in [2.05, 4.69) is 0 Å². The molecule has 1 aromatic carbocycles. The minimum absolute atomic E-state index is 0.169. The van der Waals surface area contributed by atoms with E-state index in [-0.39, 0.29) is 18.4 Å². The van der Waals surface area contributed by atoms with Gasteiger partial charge in [-0.1, -0.05) is 13.0 Å². The lowest BCUT2D eigenvalue weighted by molar-refractivity contribution is -0.137. The van der Waals surface area contributed by atoms with Crippen molar-refractivity contribution in [3.63, 3.8) is 0 Å². The molecule has 2 amide bonds. The predicted molar refractivity (Wildman–Crippen MR) is 82.9 cm³/mol. The van der Waals surface area contributed by atoms with Gasteiger partial charge in [0.05, 0.1) is 0 Å². The second-order valence-electron chi connectivity index (χ2n) is 5.02. The van der Waals surface area contributed by atoms with E-state index in [0.717, 1.165) is 0 Å². The third-order valence-electron chi connectivity index (χ3n) is 3.28. The van der Waals surface area contributed by atoms with Gasteiger partial charge in [0.15, 0.2) is 0 Å². The monoisotopic (exact) mass is 306 g/mol. The summed E-state index contributed by atoms with van der Waals surface area (Å²) in [6.07, 6.45) is 0.663. The zero-order valence-electron chi connectivity index (χ0n) is 13.2. The summed E-state index contributed by atoms with van der Waals surface area (Å²) in [5.41, 5.74) is 0.743. The summed E-state index contributed by atoms with van der Waals surface area (Å²) in [5, 5.41) is 8.90. The van der Waals surface area contributed by atoms with Crippen LogP contribution >= 0.6 is 0 Å². The summed E-state index contributed by atoms with van der Waals surface area (Å²) in [5.74, 6) is -1.60. The summed E-state index contributed by atoms with van der Waals surface area (Å²) in [6.45, 7) is 4.32. The van der Waals surface area contributed by atoms with E-state index in [1.165, 1.54) is 11.0 Å². The molecule has 0 aliphatic rings. The third kappa shape index (κ3) is 4.58. The van der Waals surface area contributed by atoms with Crippen LogP contribution in [0.15, 0.2) is 24.3 Å². The SMILES string of the molecule is CCCN(CC(=O)O)C(=O)c1cccc(C(=O)N(C)CC)c1. The molecule has 1 aromatic rings. The van der Waals surface area contributed by atoms with Gasteiger partial charge in [-0.15, -0.1) is 0 Å². The van der Waals surface area contributed by atoms with Gasteiger partial charge in [-0.05, 0) is 31.5 Å². The van der Waals surface area contributed by atoms with Crippen molar-refractivity contribution in [1.82, 2.24) is 9.80 Å². The normalized spacial score (nSPS) is 10.1. The number of carboxylic acid groups (broad SMARTS) is 1.